The molecule has 1 fully saturated rings. The van der Waals surface area contributed by atoms with Gasteiger partial charge in [0.25, 0.3) is 5.91 Å². The molecule has 1 unspecified atom stereocenters. The van der Waals surface area contributed by atoms with Crippen molar-refractivity contribution in [3.8, 4) is 0 Å². The molecule has 2 aromatic rings. The van der Waals surface area contributed by atoms with E-state index in [1.165, 1.54) is 6.07 Å². The Labute approximate surface area is 171 Å². The van der Waals surface area contributed by atoms with Crippen LogP contribution in [0.4, 0.5) is 4.39 Å². The summed E-state index contributed by atoms with van der Waals surface area (Å²) in [4.78, 5) is 26.7. The molecule has 0 radical (unpaired) electrons. The van der Waals surface area contributed by atoms with Gasteiger partial charge in [0.15, 0.2) is 0 Å². The third-order valence-corrected chi connectivity index (χ3v) is 5.42. The van der Waals surface area contributed by atoms with E-state index in [9.17, 15) is 14.0 Å². The largest absolute Gasteiger partial charge is 0.352 e. The number of benzene rings is 2. The highest BCUT2D eigenvalue weighted by Crippen LogP contribution is 2.18. The number of likely N-dealkylation sites (tertiary alicyclic amines) is 1. The fourth-order valence-corrected chi connectivity index (χ4v) is 3.73. The van der Waals surface area contributed by atoms with Gasteiger partial charge in [-0.15, -0.1) is 0 Å². The Balaban J connectivity index is 1.47. The first kappa shape index (κ1) is 21.0. The van der Waals surface area contributed by atoms with Gasteiger partial charge < -0.3 is 16.0 Å². The molecule has 0 aromatic heterocycles. The van der Waals surface area contributed by atoms with Crippen molar-refractivity contribution in [3.63, 3.8) is 0 Å². The minimum Gasteiger partial charge on any atom is -0.352 e. The van der Waals surface area contributed by atoms with Crippen LogP contribution in [0.5, 0.6) is 0 Å². The zero-order valence-electron chi connectivity index (χ0n) is 16.5. The predicted molar refractivity (Wildman–Crippen MR) is 111 cm³/mol. The SMILES string of the molecule is N[C@H](CCc1ccccc1F)C(=O)N1CCCC(CNC(=O)c2ccccc2)C1. The Morgan fingerprint density at radius 2 is 1.86 bits per heavy atom. The fourth-order valence-electron chi connectivity index (χ4n) is 3.73. The maximum Gasteiger partial charge on any atom is 0.251 e. The lowest BCUT2D eigenvalue weighted by atomic mass is 9.96. The molecule has 3 N–H and O–H groups in total. The molecule has 0 bridgehead atoms. The normalized spacial score (nSPS) is 17.6. The van der Waals surface area contributed by atoms with Gasteiger partial charge in [0.2, 0.25) is 5.91 Å². The van der Waals surface area contributed by atoms with Crippen LogP contribution in [0.3, 0.4) is 0 Å². The number of hydrogen-bond donors (Lipinski definition) is 2. The lowest BCUT2D eigenvalue weighted by molar-refractivity contribution is -0.134. The minimum absolute atomic E-state index is 0.0968. The van der Waals surface area contributed by atoms with Gasteiger partial charge in [-0.2, -0.15) is 0 Å². The first-order valence-electron chi connectivity index (χ1n) is 10.2. The van der Waals surface area contributed by atoms with Crippen molar-refractivity contribution in [2.75, 3.05) is 19.6 Å². The van der Waals surface area contributed by atoms with Crippen LogP contribution in [0.15, 0.2) is 54.6 Å². The first-order chi connectivity index (χ1) is 14.0. The maximum absolute atomic E-state index is 13.7. The average Bonchev–Trinajstić information content (AvgIpc) is 2.77. The van der Waals surface area contributed by atoms with E-state index in [4.69, 9.17) is 5.73 Å². The molecular weight excluding hydrogens is 369 g/mol. The molecule has 3 rings (SSSR count). The number of carbonyl (C=O) groups excluding carboxylic acids is 2. The number of nitrogens with zero attached hydrogens (tertiary/aromatic N) is 1. The molecule has 0 spiro atoms. The number of nitrogens with one attached hydrogen (secondary N) is 1. The summed E-state index contributed by atoms with van der Waals surface area (Å²) < 4.78 is 13.7. The second kappa shape index (κ2) is 10.2. The van der Waals surface area contributed by atoms with Gasteiger partial charge >= 0.3 is 0 Å². The lowest BCUT2D eigenvalue weighted by Crippen LogP contribution is -2.49. The van der Waals surface area contributed by atoms with Crippen LogP contribution < -0.4 is 11.1 Å². The molecule has 1 heterocycles. The zero-order chi connectivity index (χ0) is 20.6. The van der Waals surface area contributed by atoms with E-state index in [1.807, 2.05) is 18.2 Å². The standard InChI is InChI=1S/C23H28FN3O2/c24-20-11-5-4-8-18(20)12-13-21(25)23(29)27-14-6-7-17(16-27)15-26-22(28)19-9-2-1-3-10-19/h1-5,8-11,17,21H,6-7,12-16,25H2,(H,26,28)/t17?,21-/m1/s1. The number of halogens is 1. The summed E-state index contributed by atoms with van der Waals surface area (Å²) in [5.74, 6) is -0.255. The highest BCUT2D eigenvalue weighted by Gasteiger charge is 2.27. The molecule has 29 heavy (non-hydrogen) atoms. The van der Waals surface area contributed by atoms with Crippen molar-refractivity contribution in [1.82, 2.24) is 10.2 Å². The Morgan fingerprint density at radius 3 is 2.62 bits per heavy atom. The molecule has 2 atom stereocenters. The molecule has 6 heteroatoms. The van der Waals surface area contributed by atoms with Crippen LogP contribution in [-0.4, -0.2) is 42.4 Å². The first-order valence-corrected chi connectivity index (χ1v) is 10.2. The molecule has 1 aliphatic heterocycles. The van der Waals surface area contributed by atoms with Gasteiger partial charge in [-0.25, -0.2) is 4.39 Å². The van der Waals surface area contributed by atoms with E-state index in [0.717, 1.165) is 12.8 Å². The summed E-state index contributed by atoms with van der Waals surface area (Å²) in [5, 5.41) is 2.96. The van der Waals surface area contributed by atoms with Gasteiger partial charge in [0, 0.05) is 25.2 Å². The van der Waals surface area contributed by atoms with E-state index < -0.39 is 6.04 Å². The van der Waals surface area contributed by atoms with Crippen molar-refractivity contribution in [3.05, 3.63) is 71.5 Å². The predicted octanol–water partition coefficient (Wildman–Crippen LogP) is 2.75. The monoisotopic (exact) mass is 397 g/mol. The van der Waals surface area contributed by atoms with Crippen molar-refractivity contribution in [1.29, 1.82) is 0 Å². The van der Waals surface area contributed by atoms with Gasteiger partial charge in [-0.05, 0) is 55.4 Å². The second-order valence-electron chi connectivity index (χ2n) is 7.61. The van der Waals surface area contributed by atoms with Crippen LogP contribution in [0.1, 0.15) is 35.2 Å². The van der Waals surface area contributed by atoms with Crippen molar-refractivity contribution in [2.24, 2.45) is 11.7 Å². The lowest BCUT2D eigenvalue weighted by Gasteiger charge is -2.34. The van der Waals surface area contributed by atoms with E-state index in [1.54, 1.807) is 35.2 Å². The maximum atomic E-state index is 13.7. The van der Waals surface area contributed by atoms with Crippen LogP contribution in [0.2, 0.25) is 0 Å². The third kappa shape index (κ3) is 5.87. The van der Waals surface area contributed by atoms with Crippen LogP contribution >= 0.6 is 0 Å². The van der Waals surface area contributed by atoms with Crippen molar-refractivity contribution < 1.29 is 14.0 Å². The summed E-state index contributed by atoms with van der Waals surface area (Å²) in [6.07, 6.45) is 2.69. The van der Waals surface area contributed by atoms with E-state index in [-0.39, 0.29) is 23.5 Å². The molecule has 1 aliphatic rings. The molecule has 5 nitrogen and oxygen atoms in total. The summed E-state index contributed by atoms with van der Waals surface area (Å²) in [7, 11) is 0. The number of hydrogen-bond acceptors (Lipinski definition) is 3. The van der Waals surface area contributed by atoms with Crippen LogP contribution in [0.25, 0.3) is 0 Å². The molecule has 1 saturated heterocycles. The summed E-state index contributed by atoms with van der Waals surface area (Å²) in [6, 6.07) is 15.0. The highest BCUT2D eigenvalue weighted by atomic mass is 19.1. The fraction of sp³-hybridized carbons (Fsp3) is 0.391. The Morgan fingerprint density at radius 1 is 1.14 bits per heavy atom. The van der Waals surface area contributed by atoms with Crippen molar-refractivity contribution in [2.45, 2.75) is 31.7 Å². The van der Waals surface area contributed by atoms with E-state index >= 15 is 0 Å². The van der Waals surface area contributed by atoms with E-state index in [0.29, 0.717) is 43.6 Å². The quantitative estimate of drug-likeness (QED) is 0.754. The molecule has 2 amide bonds. The Bertz CT molecular complexity index is 828. The highest BCUT2D eigenvalue weighted by molar-refractivity contribution is 5.94. The average molecular weight is 397 g/mol. The number of carbonyl (C=O) groups is 2. The van der Waals surface area contributed by atoms with E-state index in [2.05, 4.69) is 5.32 Å². The summed E-state index contributed by atoms with van der Waals surface area (Å²) in [6.45, 7) is 1.79. The number of aryl methyl sites for hydroxylation is 1. The summed E-state index contributed by atoms with van der Waals surface area (Å²) in [5.41, 5.74) is 7.32. The molecule has 154 valence electrons. The number of nitrogens with two attached hydrogens (primary N) is 1. The van der Waals surface area contributed by atoms with Crippen LogP contribution in [-0.2, 0) is 11.2 Å². The number of rotatable bonds is 7. The number of amides is 2. The molecule has 0 aliphatic carbocycles. The minimum atomic E-state index is -0.646. The van der Waals surface area contributed by atoms with Gasteiger partial charge in [-0.1, -0.05) is 36.4 Å². The summed E-state index contributed by atoms with van der Waals surface area (Å²) >= 11 is 0. The zero-order valence-corrected chi connectivity index (χ0v) is 16.5. The second-order valence-corrected chi connectivity index (χ2v) is 7.61. The van der Waals surface area contributed by atoms with Gasteiger partial charge in [0.1, 0.15) is 5.82 Å². The molecule has 0 saturated carbocycles. The smallest absolute Gasteiger partial charge is 0.251 e. The topological polar surface area (TPSA) is 75.4 Å². The Kier molecular flexibility index (Phi) is 7.36. The number of piperidine rings is 1. The molecule has 2 aromatic carbocycles. The third-order valence-electron chi connectivity index (χ3n) is 5.42. The van der Waals surface area contributed by atoms with Gasteiger partial charge in [0.05, 0.1) is 6.04 Å². The van der Waals surface area contributed by atoms with Gasteiger partial charge in [-0.3, -0.25) is 9.59 Å². The molecular formula is C23H28FN3O2. The van der Waals surface area contributed by atoms with Crippen LogP contribution in [0, 0.1) is 11.7 Å². The van der Waals surface area contributed by atoms with Crippen molar-refractivity contribution >= 4 is 11.8 Å². The Hall–Kier alpha value is -2.73.